The zero-order valence-corrected chi connectivity index (χ0v) is 7.53. The van der Waals surface area contributed by atoms with Crippen molar-refractivity contribution < 1.29 is 4.42 Å². The van der Waals surface area contributed by atoms with Crippen molar-refractivity contribution in [3.05, 3.63) is 30.2 Å². The van der Waals surface area contributed by atoms with Gasteiger partial charge in [0, 0.05) is 17.1 Å². The van der Waals surface area contributed by atoms with E-state index < -0.39 is 0 Å². The van der Waals surface area contributed by atoms with Crippen molar-refractivity contribution in [1.82, 2.24) is 4.98 Å². The predicted molar refractivity (Wildman–Crippen MR) is 51.5 cm³/mol. The Kier molecular flexibility index (Phi) is 2.02. The third kappa shape index (κ3) is 1.31. The lowest BCUT2D eigenvalue weighted by atomic mass is 10.0. The molecule has 13 heavy (non-hydrogen) atoms. The Bertz CT molecular complexity index is 408. The maximum Gasteiger partial charge on any atom is 0.226 e. The molecule has 0 aromatic carbocycles. The van der Waals surface area contributed by atoms with Crippen molar-refractivity contribution in [3.63, 3.8) is 0 Å². The van der Waals surface area contributed by atoms with Gasteiger partial charge in [0.05, 0.1) is 6.26 Å². The van der Waals surface area contributed by atoms with Gasteiger partial charge in [-0.05, 0) is 24.6 Å². The van der Waals surface area contributed by atoms with E-state index in [2.05, 4.69) is 11.9 Å². The molecule has 2 rings (SSSR count). The van der Waals surface area contributed by atoms with E-state index in [1.807, 2.05) is 12.1 Å². The molecule has 1 atom stereocenters. The molecule has 68 valence electrons. The summed E-state index contributed by atoms with van der Waals surface area (Å²) in [6, 6.07) is 3.91. The molecular weight excluding hydrogens is 164 g/mol. The van der Waals surface area contributed by atoms with Crippen LogP contribution in [-0.2, 0) is 0 Å². The van der Waals surface area contributed by atoms with E-state index in [-0.39, 0.29) is 0 Å². The van der Waals surface area contributed by atoms with Crippen molar-refractivity contribution in [2.45, 2.75) is 12.8 Å². The van der Waals surface area contributed by atoms with Crippen LogP contribution in [0.1, 0.15) is 18.4 Å². The number of rotatable bonds is 2. The highest BCUT2D eigenvalue weighted by Crippen LogP contribution is 2.25. The van der Waals surface area contributed by atoms with E-state index in [9.17, 15) is 0 Å². The summed E-state index contributed by atoms with van der Waals surface area (Å²) in [6.07, 6.45) is 3.47. The van der Waals surface area contributed by atoms with Gasteiger partial charge in [-0.15, -0.1) is 0 Å². The fourth-order valence-corrected chi connectivity index (χ4v) is 1.40. The van der Waals surface area contributed by atoms with E-state index in [1.54, 1.807) is 12.5 Å². The van der Waals surface area contributed by atoms with Crippen LogP contribution in [-0.4, -0.2) is 11.5 Å². The SMILES string of the molecule is CC(CN)c1coc2ncccc12. The molecule has 0 aliphatic rings. The van der Waals surface area contributed by atoms with Crippen molar-refractivity contribution in [3.8, 4) is 0 Å². The third-order valence-electron chi connectivity index (χ3n) is 2.26. The summed E-state index contributed by atoms with van der Waals surface area (Å²) in [5.41, 5.74) is 7.43. The lowest BCUT2D eigenvalue weighted by Gasteiger charge is -2.04. The molecule has 0 saturated carbocycles. The number of pyridine rings is 1. The zero-order chi connectivity index (χ0) is 9.26. The van der Waals surface area contributed by atoms with Gasteiger partial charge < -0.3 is 10.2 Å². The molecule has 0 aliphatic heterocycles. The molecular formula is C10H12N2O. The van der Waals surface area contributed by atoms with Gasteiger partial charge in [-0.3, -0.25) is 0 Å². The fourth-order valence-electron chi connectivity index (χ4n) is 1.40. The number of hydrogen-bond acceptors (Lipinski definition) is 3. The minimum Gasteiger partial charge on any atom is -0.446 e. The Labute approximate surface area is 76.6 Å². The molecule has 2 heterocycles. The van der Waals surface area contributed by atoms with Crippen LogP contribution in [0.3, 0.4) is 0 Å². The van der Waals surface area contributed by atoms with E-state index in [0.717, 1.165) is 10.9 Å². The number of furan rings is 1. The van der Waals surface area contributed by atoms with Crippen molar-refractivity contribution >= 4 is 11.1 Å². The minimum absolute atomic E-state index is 0.324. The average Bonchev–Trinajstić information content (AvgIpc) is 2.60. The van der Waals surface area contributed by atoms with Gasteiger partial charge in [-0.2, -0.15) is 0 Å². The number of aromatic nitrogens is 1. The van der Waals surface area contributed by atoms with Crippen molar-refractivity contribution in [2.75, 3.05) is 6.54 Å². The molecule has 2 aromatic rings. The first-order chi connectivity index (χ1) is 6.33. The van der Waals surface area contributed by atoms with Gasteiger partial charge >= 0.3 is 0 Å². The van der Waals surface area contributed by atoms with Crippen LogP contribution in [0, 0.1) is 0 Å². The third-order valence-corrected chi connectivity index (χ3v) is 2.26. The molecule has 0 fully saturated rings. The Morgan fingerprint density at radius 2 is 2.46 bits per heavy atom. The van der Waals surface area contributed by atoms with Gasteiger partial charge in [0.25, 0.3) is 0 Å². The summed E-state index contributed by atoms with van der Waals surface area (Å²) in [5.74, 6) is 0.324. The molecule has 2 aromatic heterocycles. The molecule has 0 spiro atoms. The lowest BCUT2D eigenvalue weighted by molar-refractivity contribution is 0.592. The molecule has 1 unspecified atom stereocenters. The van der Waals surface area contributed by atoms with Crippen LogP contribution in [0.25, 0.3) is 11.1 Å². The molecule has 3 nitrogen and oxygen atoms in total. The van der Waals surface area contributed by atoms with E-state index in [0.29, 0.717) is 18.2 Å². The minimum atomic E-state index is 0.324. The number of nitrogens with two attached hydrogens (primary N) is 1. The van der Waals surface area contributed by atoms with Gasteiger partial charge in [0.1, 0.15) is 0 Å². The van der Waals surface area contributed by atoms with Crippen molar-refractivity contribution in [1.29, 1.82) is 0 Å². The maximum atomic E-state index is 5.59. The monoisotopic (exact) mass is 176 g/mol. The molecule has 2 N–H and O–H groups in total. The fraction of sp³-hybridized carbons (Fsp3) is 0.300. The first kappa shape index (κ1) is 8.26. The summed E-state index contributed by atoms with van der Waals surface area (Å²) in [4.78, 5) is 4.11. The van der Waals surface area contributed by atoms with Gasteiger partial charge in [0.2, 0.25) is 5.71 Å². The van der Waals surface area contributed by atoms with Crippen LogP contribution in [0.15, 0.2) is 29.0 Å². The van der Waals surface area contributed by atoms with E-state index in [4.69, 9.17) is 10.2 Å². The zero-order valence-electron chi connectivity index (χ0n) is 7.53. The number of fused-ring (bicyclic) bond motifs is 1. The summed E-state index contributed by atoms with van der Waals surface area (Å²) in [7, 11) is 0. The first-order valence-electron chi connectivity index (χ1n) is 4.35. The summed E-state index contributed by atoms with van der Waals surface area (Å²) in [6.45, 7) is 2.71. The second-order valence-electron chi connectivity index (χ2n) is 3.18. The normalized spacial score (nSPS) is 13.4. The molecule has 0 saturated heterocycles. The average molecular weight is 176 g/mol. The number of nitrogens with zero attached hydrogens (tertiary/aromatic N) is 1. The van der Waals surface area contributed by atoms with Gasteiger partial charge in [0.15, 0.2) is 0 Å². The molecule has 0 aliphatic carbocycles. The quantitative estimate of drug-likeness (QED) is 0.760. The highest BCUT2D eigenvalue weighted by molar-refractivity contribution is 5.77. The number of hydrogen-bond donors (Lipinski definition) is 1. The largest absolute Gasteiger partial charge is 0.446 e. The van der Waals surface area contributed by atoms with Gasteiger partial charge in [-0.1, -0.05) is 6.92 Å². The lowest BCUT2D eigenvalue weighted by Crippen LogP contribution is -2.08. The Morgan fingerprint density at radius 1 is 1.62 bits per heavy atom. The summed E-state index contributed by atoms with van der Waals surface area (Å²) in [5, 5.41) is 1.07. The topological polar surface area (TPSA) is 52.0 Å². The standard InChI is InChI=1S/C10H12N2O/c1-7(5-11)9-6-13-10-8(9)3-2-4-12-10/h2-4,6-7H,5,11H2,1H3. The molecule has 3 heteroatoms. The Balaban J connectivity index is 2.57. The Morgan fingerprint density at radius 3 is 3.23 bits per heavy atom. The summed E-state index contributed by atoms with van der Waals surface area (Å²) < 4.78 is 5.31. The van der Waals surface area contributed by atoms with Crippen LogP contribution in [0.2, 0.25) is 0 Å². The highest BCUT2D eigenvalue weighted by Gasteiger charge is 2.11. The molecule has 0 amide bonds. The van der Waals surface area contributed by atoms with Crippen LogP contribution >= 0.6 is 0 Å². The van der Waals surface area contributed by atoms with Crippen LogP contribution in [0.4, 0.5) is 0 Å². The van der Waals surface area contributed by atoms with Crippen molar-refractivity contribution in [2.24, 2.45) is 5.73 Å². The highest BCUT2D eigenvalue weighted by atomic mass is 16.3. The second-order valence-corrected chi connectivity index (χ2v) is 3.18. The van der Waals surface area contributed by atoms with E-state index in [1.165, 1.54) is 0 Å². The van der Waals surface area contributed by atoms with Crippen LogP contribution in [0.5, 0.6) is 0 Å². The van der Waals surface area contributed by atoms with Gasteiger partial charge in [-0.25, -0.2) is 4.98 Å². The summed E-state index contributed by atoms with van der Waals surface area (Å²) >= 11 is 0. The predicted octanol–water partition coefficient (Wildman–Crippen LogP) is 1.89. The molecule has 0 bridgehead atoms. The Hall–Kier alpha value is -1.35. The van der Waals surface area contributed by atoms with Crippen LogP contribution < -0.4 is 5.73 Å². The second kappa shape index (κ2) is 3.18. The first-order valence-corrected chi connectivity index (χ1v) is 4.35. The maximum absolute atomic E-state index is 5.59. The smallest absolute Gasteiger partial charge is 0.226 e. The van der Waals surface area contributed by atoms with E-state index >= 15 is 0 Å². The molecule has 0 radical (unpaired) electrons.